The highest BCUT2D eigenvalue weighted by Gasteiger charge is 2.27. The van der Waals surface area contributed by atoms with E-state index in [2.05, 4.69) is 20.0 Å². The number of carbonyl (C=O) groups excluding carboxylic acids is 1. The molecule has 1 N–H and O–H groups in total. The van der Waals surface area contributed by atoms with Crippen LogP contribution in [0.2, 0.25) is 0 Å². The lowest BCUT2D eigenvalue weighted by atomic mass is 10.1. The molecule has 20 heavy (non-hydrogen) atoms. The number of hydrogen-bond acceptors (Lipinski definition) is 7. The molecule has 8 heteroatoms. The molecule has 0 saturated carbocycles. The molecular formula is C12H17N3O4S. The Kier molecular flexibility index (Phi) is 4.22. The van der Waals surface area contributed by atoms with Gasteiger partial charge >= 0.3 is 5.97 Å². The van der Waals surface area contributed by atoms with E-state index in [9.17, 15) is 13.2 Å². The molecule has 0 aliphatic carbocycles. The minimum absolute atomic E-state index is 0.00552. The SMILES string of the molecule is COC(=O)c1nc(C)cc(NCC2CCS(=O)(=O)C2)n1. The van der Waals surface area contributed by atoms with Crippen LogP contribution in [0, 0.1) is 12.8 Å². The number of methoxy groups -OCH3 is 1. The Hall–Kier alpha value is -1.70. The second kappa shape index (κ2) is 5.74. The van der Waals surface area contributed by atoms with Crippen molar-refractivity contribution < 1.29 is 17.9 Å². The van der Waals surface area contributed by atoms with E-state index >= 15 is 0 Å². The molecule has 2 heterocycles. The summed E-state index contributed by atoms with van der Waals surface area (Å²) in [4.78, 5) is 19.5. The van der Waals surface area contributed by atoms with E-state index < -0.39 is 15.8 Å². The van der Waals surface area contributed by atoms with Gasteiger partial charge in [-0.05, 0) is 19.3 Å². The summed E-state index contributed by atoms with van der Waals surface area (Å²) in [7, 11) is -1.61. The number of carbonyl (C=O) groups is 1. The van der Waals surface area contributed by atoms with Crippen LogP contribution < -0.4 is 5.32 Å². The van der Waals surface area contributed by atoms with Crippen molar-refractivity contribution in [2.75, 3.05) is 30.5 Å². The van der Waals surface area contributed by atoms with Gasteiger partial charge in [0.1, 0.15) is 5.82 Å². The van der Waals surface area contributed by atoms with Gasteiger partial charge in [0.15, 0.2) is 9.84 Å². The Morgan fingerprint density at radius 2 is 2.25 bits per heavy atom. The van der Waals surface area contributed by atoms with E-state index in [1.165, 1.54) is 7.11 Å². The van der Waals surface area contributed by atoms with Crippen LogP contribution in [0.5, 0.6) is 0 Å². The van der Waals surface area contributed by atoms with Gasteiger partial charge < -0.3 is 10.1 Å². The molecule has 1 saturated heterocycles. The third kappa shape index (κ3) is 3.66. The second-order valence-corrected chi connectivity index (χ2v) is 7.09. The average molecular weight is 299 g/mol. The first kappa shape index (κ1) is 14.7. The number of esters is 1. The normalized spacial score (nSPS) is 20.6. The van der Waals surface area contributed by atoms with Crippen LogP contribution >= 0.6 is 0 Å². The second-order valence-electron chi connectivity index (χ2n) is 4.86. The molecule has 2 rings (SSSR count). The van der Waals surface area contributed by atoms with E-state index in [-0.39, 0.29) is 23.2 Å². The van der Waals surface area contributed by atoms with Crippen LogP contribution in [0.4, 0.5) is 5.82 Å². The highest BCUT2D eigenvalue weighted by atomic mass is 32.2. The summed E-state index contributed by atoms with van der Waals surface area (Å²) in [6.07, 6.45) is 0.656. The van der Waals surface area contributed by atoms with E-state index in [4.69, 9.17) is 0 Å². The van der Waals surface area contributed by atoms with Crippen molar-refractivity contribution in [3.05, 3.63) is 17.6 Å². The summed E-state index contributed by atoms with van der Waals surface area (Å²) < 4.78 is 27.3. The minimum atomic E-state index is -2.88. The molecule has 7 nitrogen and oxygen atoms in total. The number of nitrogens with zero attached hydrogens (tertiary/aromatic N) is 2. The number of nitrogens with one attached hydrogen (secondary N) is 1. The monoisotopic (exact) mass is 299 g/mol. The van der Waals surface area contributed by atoms with Crippen LogP contribution in [-0.2, 0) is 14.6 Å². The fraction of sp³-hybridized carbons (Fsp3) is 0.583. The smallest absolute Gasteiger partial charge is 0.376 e. The molecular weight excluding hydrogens is 282 g/mol. The topological polar surface area (TPSA) is 98.2 Å². The molecule has 1 unspecified atom stereocenters. The molecule has 0 bridgehead atoms. The van der Waals surface area contributed by atoms with Gasteiger partial charge in [-0.2, -0.15) is 0 Å². The number of aromatic nitrogens is 2. The van der Waals surface area contributed by atoms with Crippen LogP contribution in [0.1, 0.15) is 22.7 Å². The number of aryl methyl sites for hydroxylation is 1. The van der Waals surface area contributed by atoms with Crippen LogP contribution in [-0.4, -0.2) is 49.5 Å². The first-order valence-corrected chi connectivity index (χ1v) is 8.10. The molecule has 0 radical (unpaired) electrons. The van der Waals surface area contributed by atoms with Crippen molar-refractivity contribution >= 4 is 21.6 Å². The third-order valence-corrected chi connectivity index (χ3v) is 4.96. The van der Waals surface area contributed by atoms with E-state index in [0.29, 0.717) is 24.5 Å². The molecule has 1 aliphatic heterocycles. The van der Waals surface area contributed by atoms with Crippen LogP contribution in [0.15, 0.2) is 6.07 Å². The lowest BCUT2D eigenvalue weighted by Gasteiger charge is -2.11. The zero-order valence-electron chi connectivity index (χ0n) is 11.4. The molecule has 1 aromatic rings. The highest BCUT2D eigenvalue weighted by Crippen LogP contribution is 2.19. The summed E-state index contributed by atoms with van der Waals surface area (Å²) in [6, 6.07) is 1.70. The lowest BCUT2D eigenvalue weighted by Crippen LogP contribution is -2.18. The Balaban J connectivity index is 2.03. The zero-order chi connectivity index (χ0) is 14.8. The van der Waals surface area contributed by atoms with Crippen molar-refractivity contribution in [1.29, 1.82) is 0 Å². The summed E-state index contributed by atoms with van der Waals surface area (Å²) >= 11 is 0. The predicted octanol–water partition coefficient (Wildman–Crippen LogP) is 0.418. The molecule has 1 fully saturated rings. The molecule has 1 atom stereocenters. The predicted molar refractivity (Wildman–Crippen MR) is 73.4 cm³/mol. The number of anilines is 1. The number of hydrogen-bond donors (Lipinski definition) is 1. The quantitative estimate of drug-likeness (QED) is 0.804. The van der Waals surface area contributed by atoms with Gasteiger partial charge in [-0.3, -0.25) is 0 Å². The van der Waals surface area contributed by atoms with Crippen molar-refractivity contribution in [3.8, 4) is 0 Å². The molecule has 1 aromatic heterocycles. The fourth-order valence-corrected chi connectivity index (χ4v) is 3.99. The van der Waals surface area contributed by atoms with Gasteiger partial charge in [0.05, 0.1) is 18.6 Å². The number of sulfone groups is 1. The zero-order valence-corrected chi connectivity index (χ0v) is 12.2. The number of rotatable bonds is 4. The first-order valence-electron chi connectivity index (χ1n) is 6.28. The third-order valence-electron chi connectivity index (χ3n) is 3.12. The maximum Gasteiger partial charge on any atom is 0.376 e. The van der Waals surface area contributed by atoms with Crippen LogP contribution in [0.3, 0.4) is 0 Å². The minimum Gasteiger partial charge on any atom is -0.463 e. The first-order chi connectivity index (χ1) is 9.39. The van der Waals surface area contributed by atoms with Crippen molar-refractivity contribution in [1.82, 2.24) is 9.97 Å². The van der Waals surface area contributed by atoms with Gasteiger partial charge in [0.2, 0.25) is 5.82 Å². The Bertz CT molecular complexity index is 615. The van der Waals surface area contributed by atoms with Crippen molar-refractivity contribution in [2.45, 2.75) is 13.3 Å². The lowest BCUT2D eigenvalue weighted by molar-refractivity contribution is 0.0586. The maximum atomic E-state index is 11.4. The van der Waals surface area contributed by atoms with E-state index in [1.807, 2.05) is 0 Å². The summed E-state index contributed by atoms with van der Waals surface area (Å²) in [5.41, 5.74) is 0.641. The molecule has 0 amide bonds. The summed E-state index contributed by atoms with van der Waals surface area (Å²) in [6.45, 7) is 2.26. The largest absolute Gasteiger partial charge is 0.463 e. The number of ether oxygens (including phenoxy) is 1. The molecule has 0 aromatic carbocycles. The highest BCUT2D eigenvalue weighted by molar-refractivity contribution is 7.91. The Morgan fingerprint density at radius 1 is 1.50 bits per heavy atom. The summed E-state index contributed by atoms with van der Waals surface area (Å²) in [5.74, 6) is 0.428. The standard InChI is InChI=1S/C12H17N3O4S/c1-8-5-10(15-11(14-8)12(16)19-2)13-6-9-3-4-20(17,18)7-9/h5,9H,3-4,6-7H2,1-2H3,(H,13,14,15). The average Bonchev–Trinajstić information content (AvgIpc) is 2.74. The van der Waals surface area contributed by atoms with Gasteiger partial charge in [0.25, 0.3) is 0 Å². The Morgan fingerprint density at radius 3 is 2.85 bits per heavy atom. The van der Waals surface area contributed by atoms with Gasteiger partial charge in [0, 0.05) is 18.3 Å². The van der Waals surface area contributed by atoms with Gasteiger partial charge in [-0.15, -0.1) is 0 Å². The maximum absolute atomic E-state index is 11.4. The Labute approximate surface area is 117 Å². The summed E-state index contributed by atoms with van der Waals surface area (Å²) in [5, 5.41) is 3.06. The van der Waals surface area contributed by atoms with E-state index in [1.54, 1.807) is 13.0 Å². The molecule has 0 spiro atoms. The van der Waals surface area contributed by atoms with E-state index in [0.717, 1.165) is 0 Å². The van der Waals surface area contributed by atoms with Gasteiger partial charge in [-0.25, -0.2) is 23.2 Å². The van der Waals surface area contributed by atoms with Crippen LogP contribution in [0.25, 0.3) is 0 Å². The fourth-order valence-electron chi connectivity index (χ4n) is 2.12. The van der Waals surface area contributed by atoms with Crippen molar-refractivity contribution in [3.63, 3.8) is 0 Å². The molecule has 110 valence electrons. The molecule has 1 aliphatic rings. The van der Waals surface area contributed by atoms with Crippen molar-refractivity contribution in [2.24, 2.45) is 5.92 Å². The van der Waals surface area contributed by atoms with Gasteiger partial charge in [-0.1, -0.05) is 0 Å².